The monoisotopic (exact) mass is 314 g/mol. The van der Waals surface area contributed by atoms with E-state index in [2.05, 4.69) is 20.9 Å². The molecule has 1 N–H and O–H groups in total. The minimum absolute atomic E-state index is 0.0559. The van der Waals surface area contributed by atoms with Crippen LogP contribution >= 0.6 is 27.5 Å². The largest absolute Gasteiger partial charge is 0.329 e. The lowest BCUT2D eigenvalue weighted by Crippen LogP contribution is -2.33. The molecule has 0 amide bonds. The van der Waals surface area contributed by atoms with Crippen LogP contribution in [-0.4, -0.2) is 9.55 Å². The Morgan fingerprint density at radius 3 is 2.41 bits per heavy atom. The Balaban J connectivity index is 2.76. The average Bonchev–Trinajstić information content (AvgIpc) is 2.29. The molecular weight excluding hydrogens is 307 g/mol. The molecule has 0 unspecified atom stereocenters. The van der Waals surface area contributed by atoms with Crippen molar-refractivity contribution >= 4 is 27.5 Å². The Labute approximate surface area is 110 Å². The zero-order chi connectivity index (χ0) is 12.6. The standard InChI is InChI=1S/C11H8BrClN2O2/c1-15-10(16)8(9(13)14-11(15)17)6-2-4-7(12)5-3-6/h2-5H,1H3,(H,14,17). The Kier molecular flexibility index (Phi) is 3.22. The molecule has 0 saturated heterocycles. The van der Waals surface area contributed by atoms with Crippen molar-refractivity contribution < 1.29 is 0 Å². The molecule has 6 heteroatoms. The Hall–Kier alpha value is -1.33. The van der Waals surface area contributed by atoms with E-state index < -0.39 is 11.2 Å². The summed E-state index contributed by atoms with van der Waals surface area (Å²) in [5.41, 5.74) is 0.0123. The van der Waals surface area contributed by atoms with E-state index in [1.807, 2.05) is 0 Å². The molecule has 0 aliphatic rings. The second-order valence-corrected chi connectivity index (χ2v) is 4.78. The van der Waals surface area contributed by atoms with Crippen molar-refractivity contribution in [2.45, 2.75) is 0 Å². The van der Waals surface area contributed by atoms with Gasteiger partial charge in [-0.25, -0.2) is 4.79 Å². The topological polar surface area (TPSA) is 54.9 Å². The number of rotatable bonds is 1. The summed E-state index contributed by atoms with van der Waals surface area (Å²) in [4.78, 5) is 25.7. The summed E-state index contributed by atoms with van der Waals surface area (Å²) in [6, 6.07) is 7.11. The smallest absolute Gasteiger partial charge is 0.297 e. The van der Waals surface area contributed by atoms with Crippen LogP contribution < -0.4 is 11.2 Å². The summed E-state index contributed by atoms with van der Waals surface area (Å²) >= 11 is 9.21. The van der Waals surface area contributed by atoms with E-state index in [1.165, 1.54) is 7.05 Å². The highest BCUT2D eigenvalue weighted by atomic mass is 79.9. The van der Waals surface area contributed by atoms with Crippen LogP contribution in [0.1, 0.15) is 0 Å². The maximum atomic E-state index is 11.9. The van der Waals surface area contributed by atoms with E-state index in [4.69, 9.17) is 11.6 Å². The highest BCUT2D eigenvalue weighted by Crippen LogP contribution is 2.23. The molecule has 0 saturated carbocycles. The van der Waals surface area contributed by atoms with E-state index in [0.717, 1.165) is 9.04 Å². The van der Waals surface area contributed by atoms with Crippen molar-refractivity contribution in [3.63, 3.8) is 0 Å². The van der Waals surface area contributed by atoms with E-state index in [9.17, 15) is 9.59 Å². The third kappa shape index (κ3) is 2.21. The minimum Gasteiger partial charge on any atom is -0.297 e. The number of benzene rings is 1. The maximum Gasteiger partial charge on any atom is 0.329 e. The van der Waals surface area contributed by atoms with Crippen molar-refractivity contribution in [2.24, 2.45) is 7.05 Å². The third-order valence-electron chi connectivity index (χ3n) is 2.39. The first kappa shape index (κ1) is 12.1. The fraction of sp³-hybridized carbons (Fsp3) is 0.0909. The van der Waals surface area contributed by atoms with Gasteiger partial charge in [0.15, 0.2) is 0 Å². The van der Waals surface area contributed by atoms with Gasteiger partial charge in [0.2, 0.25) is 0 Å². The van der Waals surface area contributed by atoms with Gasteiger partial charge < -0.3 is 0 Å². The van der Waals surface area contributed by atoms with Gasteiger partial charge in [0.1, 0.15) is 5.15 Å². The number of halogens is 2. The molecule has 2 rings (SSSR count). The van der Waals surface area contributed by atoms with Crippen molar-refractivity contribution in [2.75, 3.05) is 0 Å². The highest BCUT2D eigenvalue weighted by molar-refractivity contribution is 9.10. The van der Waals surface area contributed by atoms with E-state index >= 15 is 0 Å². The Morgan fingerprint density at radius 2 is 1.82 bits per heavy atom. The fourth-order valence-electron chi connectivity index (χ4n) is 1.46. The molecule has 4 nitrogen and oxygen atoms in total. The van der Waals surface area contributed by atoms with Crippen LogP contribution in [0.2, 0.25) is 5.15 Å². The van der Waals surface area contributed by atoms with Crippen LogP contribution in [0, 0.1) is 0 Å². The molecule has 2 aromatic rings. The minimum atomic E-state index is -0.527. The molecule has 88 valence electrons. The van der Waals surface area contributed by atoms with Crippen LogP contribution in [0.5, 0.6) is 0 Å². The maximum absolute atomic E-state index is 11.9. The van der Waals surface area contributed by atoms with Gasteiger partial charge >= 0.3 is 5.69 Å². The number of nitrogens with zero attached hydrogens (tertiary/aromatic N) is 1. The zero-order valence-corrected chi connectivity index (χ0v) is 11.2. The average molecular weight is 316 g/mol. The van der Waals surface area contributed by atoms with Crippen LogP contribution in [0.15, 0.2) is 38.3 Å². The lowest BCUT2D eigenvalue weighted by Gasteiger charge is -2.05. The van der Waals surface area contributed by atoms with Gasteiger partial charge in [-0.2, -0.15) is 0 Å². The normalized spacial score (nSPS) is 10.5. The summed E-state index contributed by atoms with van der Waals surface area (Å²) in [6.45, 7) is 0. The number of hydrogen-bond donors (Lipinski definition) is 1. The van der Waals surface area contributed by atoms with Crippen LogP contribution in [0.3, 0.4) is 0 Å². The lowest BCUT2D eigenvalue weighted by atomic mass is 10.1. The van der Waals surface area contributed by atoms with Gasteiger partial charge in [-0.3, -0.25) is 14.3 Å². The van der Waals surface area contributed by atoms with Gasteiger partial charge in [-0.1, -0.05) is 39.7 Å². The predicted octanol–water partition coefficient (Wildman–Crippen LogP) is 2.16. The molecule has 1 aromatic heterocycles. The second kappa shape index (κ2) is 4.50. The third-order valence-corrected chi connectivity index (χ3v) is 3.20. The highest BCUT2D eigenvalue weighted by Gasteiger charge is 2.12. The molecule has 0 spiro atoms. The van der Waals surface area contributed by atoms with Crippen LogP contribution in [0.25, 0.3) is 11.1 Å². The molecule has 0 aliphatic carbocycles. The summed E-state index contributed by atoms with van der Waals surface area (Å²) < 4.78 is 1.89. The Bertz CT molecular complexity index is 673. The SMILES string of the molecule is Cn1c(=O)[nH]c(Cl)c(-c2ccc(Br)cc2)c1=O. The number of hydrogen-bond acceptors (Lipinski definition) is 2. The molecular formula is C11H8BrClN2O2. The fourth-order valence-corrected chi connectivity index (χ4v) is 2.00. The first-order valence-electron chi connectivity index (χ1n) is 4.75. The number of H-pyrrole nitrogens is 1. The molecule has 0 radical (unpaired) electrons. The molecule has 0 fully saturated rings. The van der Waals surface area contributed by atoms with Gasteiger partial charge in [-0.15, -0.1) is 0 Å². The van der Waals surface area contributed by atoms with Gasteiger partial charge in [0, 0.05) is 11.5 Å². The van der Waals surface area contributed by atoms with Gasteiger partial charge in [0.05, 0.1) is 5.56 Å². The summed E-state index contributed by atoms with van der Waals surface area (Å²) in [7, 11) is 1.40. The van der Waals surface area contributed by atoms with Crippen molar-refractivity contribution in [1.29, 1.82) is 0 Å². The molecule has 0 aliphatic heterocycles. The van der Waals surface area contributed by atoms with Crippen LogP contribution in [0.4, 0.5) is 0 Å². The van der Waals surface area contributed by atoms with Gasteiger partial charge in [-0.05, 0) is 17.7 Å². The molecule has 0 bridgehead atoms. The van der Waals surface area contributed by atoms with E-state index in [-0.39, 0.29) is 5.15 Å². The number of nitrogens with one attached hydrogen (secondary N) is 1. The summed E-state index contributed by atoms with van der Waals surface area (Å²) in [5, 5.41) is 0.0559. The number of aromatic nitrogens is 2. The first-order valence-corrected chi connectivity index (χ1v) is 5.92. The summed E-state index contributed by atoms with van der Waals surface area (Å²) in [6.07, 6.45) is 0. The Morgan fingerprint density at radius 1 is 1.24 bits per heavy atom. The molecule has 0 atom stereocenters. The van der Waals surface area contributed by atoms with Crippen molar-refractivity contribution in [3.8, 4) is 11.1 Å². The lowest BCUT2D eigenvalue weighted by molar-refractivity contribution is 0.779. The zero-order valence-electron chi connectivity index (χ0n) is 8.83. The first-order chi connectivity index (χ1) is 8.00. The molecule has 17 heavy (non-hydrogen) atoms. The number of aromatic amines is 1. The molecule has 1 aromatic carbocycles. The van der Waals surface area contributed by atoms with E-state index in [1.54, 1.807) is 24.3 Å². The molecule has 1 heterocycles. The van der Waals surface area contributed by atoms with Crippen molar-refractivity contribution in [1.82, 2.24) is 9.55 Å². The van der Waals surface area contributed by atoms with Gasteiger partial charge in [0.25, 0.3) is 5.56 Å². The summed E-state index contributed by atoms with van der Waals surface area (Å²) in [5.74, 6) is 0. The quantitative estimate of drug-likeness (QED) is 0.820. The predicted molar refractivity (Wildman–Crippen MR) is 70.4 cm³/mol. The van der Waals surface area contributed by atoms with Crippen molar-refractivity contribution in [3.05, 3.63) is 54.7 Å². The van der Waals surface area contributed by atoms with Crippen LogP contribution in [-0.2, 0) is 7.05 Å². The second-order valence-electron chi connectivity index (χ2n) is 3.49. The van der Waals surface area contributed by atoms with E-state index in [0.29, 0.717) is 11.1 Å².